The van der Waals surface area contributed by atoms with E-state index in [0.717, 1.165) is 17.7 Å². The van der Waals surface area contributed by atoms with E-state index in [-0.39, 0.29) is 27.7 Å². The number of carbonyl (C=O) groups is 1. The van der Waals surface area contributed by atoms with Crippen molar-refractivity contribution in [1.82, 2.24) is 24.5 Å². The second-order valence-corrected chi connectivity index (χ2v) is 15.4. The second kappa shape index (κ2) is 13.0. The molecule has 3 aromatic rings. The van der Waals surface area contributed by atoms with Crippen molar-refractivity contribution in [1.29, 1.82) is 0 Å². The lowest BCUT2D eigenvalue weighted by atomic mass is 10.1. The molecule has 10 atom stereocenters. The molecule has 2 saturated heterocycles. The number of rotatable bonds is 12. The van der Waals surface area contributed by atoms with Gasteiger partial charge in [0.25, 0.3) is 5.91 Å². The van der Waals surface area contributed by atoms with Gasteiger partial charge in [0.05, 0.1) is 19.5 Å². The molecule has 2 aliphatic heterocycles. The van der Waals surface area contributed by atoms with E-state index in [9.17, 15) is 44.1 Å². The summed E-state index contributed by atoms with van der Waals surface area (Å²) in [7, 11) is -12.8. The van der Waals surface area contributed by atoms with Crippen molar-refractivity contribution in [3.8, 4) is 0 Å². The molecule has 0 saturated carbocycles. The minimum Gasteiger partial charge on any atom is -0.387 e. The number of aryl methyl sites for hydroxylation is 1. The number of nitrogens with two attached hydrogens (primary N) is 2. The summed E-state index contributed by atoms with van der Waals surface area (Å²) in [6.45, 7) is -0.810. The molecule has 3 aromatic heterocycles. The Balaban J connectivity index is 1.23. The van der Waals surface area contributed by atoms with Gasteiger partial charge in [-0.05, 0) is 0 Å². The maximum Gasteiger partial charge on any atom is 0.443 e. The lowest BCUT2D eigenvalue weighted by Crippen LogP contribution is -2.35. The smallest absolute Gasteiger partial charge is 0.387 e. The monoisotopic (exact) mass is 731 g/mol. The highest BCUT2D eigenvalue weighted by Gasteiger charge is 2.67. The normalized spacial score (nSPS) is 30.8. The van der Waals surface area contributed by atoms with E-state index in [0.29, 0.717) is 12.2 Å². The summed E-state index contributed by atoms with van der Waals surface area (Å²) in [6.07, 6.45) is -12.0. The largest absolute Gasteiger partial charge is 0.443 e. The molecule has 1 amide bonds. The van der Waals surface area contributed by atoms with Gasteiger partial charge < -0.3 is 60.2 Å². The van der Waals surface area contributed by atoms with E-state index in [2.05, 4.69) is 29.0 Å². The summed E-state index contributed by atoms with van der Waals surface area (Å²) in [5.74, 6) is -0.574. The van der Waals surface area contributed by atoms with Crippen molar-refractivity contribution in [3.63, 3.8) is 0 Å². The number of nitrogens with zero attached hydrogens (tertiary/aromatic N) is 5. The van der Waals surface area contributed by atoms with Gasteiger partial charge in [0.2, 0.25) is 0 Å². The van der Waals surface area contributed by atoms with Crippen molar-refractivity contribution in [2.24, 2.45) is 5.73 Å². The first-order chi connectivity index (χ1) is 21.9. The van der Waals surface area contributed by atoms with Crippen LogP contribution in [0.1, 0.15) is 40.6 Å². The zero-order chi connectivity index (χ0) is 34.6. The minimum atomic E-state index is -6.41. The summed E-state index contributed by atoms with van der Waals surface area (Å²) in [5.41, 5.74) is 11.1. The quantitative estimate of drug-likeness (QED) is 0.103. The number of thiazole rings is 1. The average molecular weight is 732 g/mol. The molecule has 2 aliphatic rings. The molecule has 2 fully saturated rings. The SMILES string of the molecule is CCc1nc(N)c2ncn([C@H]3O[C@@H](COP(=O)(O)C(F)(F)P(=O)(O)OC[C@H]4O[C@@H](c5nc(C(N)=O)cs5)[C@H](O)[C@@H]4O)[C@H](O)[C@@H]3O)c2n1. The number of imidazole rings is 1. The van der Waals surface area contributed by atoms with Crippen molar-refractivity contribution < 1.29 is 71.4 Å². The topological polar surface area (TPSA) is 318 Å². The number of hydrogen-bond acceptors (Lipinski definition) is 17. The standard InChI is InChI=1S/C22H29F2N7O13P2S/c1-2-10-29-17(25)11-19(30-10)31(6-27-11)21-15(35)13(33)9(44-21)4-42-46(39,40)22(23,24)45(37,38)41-3-8-12(32)14(34)16(43-8)20-28-7(5-47-20)18(26)36/h5-6,8-9,12-16,21,32-35H,2-4H2,1H3,(H2,26,36)(H,37,38)(H,39,40)(H2,25,29,30)/t8-,9+,12-,13+,14-,15+,16-,21+/m1/s1. The van der Waals surface area contributed by atoms with Crippen molar-refractivity contribution in [3.05, 3.63) is 28.2 Å². The summed E-state index contributed by atoms with van der Waals surface area (Å²) in [5, 5.41) is 37.4. The van der Waals surface area contributed by atoms with Gasteiger partial charge in [-0.1, -0.05) is 6.92 Å². The number of ether oxygens (including phenoxy) is 2. The van der Waals surface area contributed by atoms with Crippen LogP contribution in [0.15, 0.2) is 11.7 Å². The predicted molar refractivity (Wildman–Crippen MR) is 152 cm³/mol. The van der Waals surface area contributed by atoms with Crippen LogP contribution in [0.5, 0.6) is 0 Å². The third kappa shape index (κ3) is 6.44. The van der Waals surface area contributed by atoms with E-state index in [1.807, 2.05) is 0 Å². The highest BCUT2D eigenvalue weighted by atomic mass is 32.1. The van der Waals surface area contributed by atoms with Crippen LogP contribution >= 0.6 is 26.5 Å². The van der Waals surface area contributed by atoms with E-state index < -0.39 is 88.7 Å². The fourth-order valence-electron chi connectivity index (χ4n) is 4.71. The molecule has 260 valence electrons. The van der Waals surface area contributed by atoms with E-state index >= 15 is 8.78 Å². The molecule has 25 heteroatoms. The number of amides is 1. The van der Waals surface area contributed by atoms with Crippen LogP contribution in [-0.2, 0) is 34.1 Å². The number of nitrogen functional groups attached to an aromatic ring is 1. The Kier molecular flexibility index (Phi) is 9.87. The first-order valence-corrected chi connectivity index (χ1v) is 17.5. The number of hydrogen-bond donors (Lipinski definition) is 8. The van der Waals surface area contributed by atoms with Crippen LogP contribution in [-0.4, -0.2) is 116 Å². The molecule has 0 aliphatic carbocycles. The number of anilines is 1. The number of alkyl halides is 2. The Hall–Kier alpha value is -2.63. The van der Waals surface area contributed by atoms with Crippen molar-refractivity contribution in [2.75, 3.05) is 18.9 Å². The second-order valence-electron chi connectivity index (χ2n) is 10.4. The first-order valence-electron chi connectivity index (χ1n) is 13.5. The van der Waals surface area contributed by atoms with Gasteiger partial charge in [-0.2, -0.15) is 8.78 Å². The van der Waals surface area contributed by atoms with Gasteiger partial charge in [0, 0.05) is 11.8 Å². The van der Waals surface area contributed by atoms with E-state index in [1.54, 1.807) is 6.92 Å². The Morgan fingerprint density at radius 2 is 1.62 bits per heavy atom. The van der Waals surface area contributed by atoms with Crippen LogP contribution in [0.25, 0.3) is 11.2 Å². The molecule has 2 unspecified atom stereocenters. The molecule has 0 aromatic carbocycles. The molecule has 10 N–H and O–H groups in total. The van der Waals surface area contributed by atoms with Crippen LogP contribution in [0.3, 0.4) is 0 Å². The van der Waals surface area contributed by atoms with Crippen molar-refractivity contribution in [2.45, 2.75) is 67.7 Å². The Labute approximate surface area is 266 Å². The predicted octanol–water partition coefficient (Wildman–Crippen LogP) is -1.04. The average Bonchev–Trinajstić information content (AvgIpc) is 3.78. The lowest BCUT2D eigenvalue weighted by molar-refractivity contribution is -0.0513. The number of aromatic nitrogens is 5. The summed E-state index contributed by atoms with van der Waals surface area (Å²) < 4.78 is 75.9. The number of aliphatic hydroxyl groups is 4. The van der Waals surface area contributed by atoms with Crippen LogP contribution in [0.4, 0.5) is 14.6 Å². The number of carbonyl (C=O) groups excluding carboxylic acids is 1. The Bertz CT molecular complexity index is 1750. The summed E-state index contributed by atoms with van der Waals surface area (Å²) in [4.78, 5) is 47.5. The van der Waals surface area contributed by atoms with Gasteiger partial charge in [-0.25, -0.2) is 19.9 Å². The van der Waals surface area contributed by atoms with E-state index in [4.69, 9.17) is 20.9 Å². The highest BCUT2D eigenvalue weighted by molar-refractivity contribution is 7.72. The first kappa shape index (κ1) is 35.7. The van der Waals surface area contributed by atoms with E-state index in [1.165, 1.54) is 9.95 Å². The fourth-order valence-corrected chi connectivity index (χ4v) is 8.23. The molecule has 0 radical (unpaired) electrons. The number of primary amides is 1. The summed E-state index contributed by atoms with van der Waals surface area (Å²) >= 11 is 0.814. The van der Waals surface area contributed by atoms with Gasteiger partial charge in [-0.15, -0.1) is 11.3 Å². The molecule has 47 heavy (non-hydrogen) atoms. The number of aliphatic hydroxyl groups excluding tert-OH is 4. The minimum absolute atomic E-state index is 0.0148. The number of halogens is 2. The van der Waals surface area contributed by atoms with Gasteiger partial charge in [0.1, 0.15) is 64.8 Å². The van der Waals surface area contributed by atoms with Gasteiger partial charge in [0.15, 0.2) is 17.7 Å². The third-order valence-corrected chi connectivity index (χ3v) is 12.1. The van der Waals surface area contributed by atoms with Crippen LogP contribution in [0, 0.1) is 0 Å². The Morgan fingerprint density at radius 1 is 1.02 bits per heavy atom. The lowest BCUT2D eigenvalue weighted by Gasteiger charge is -2.27. The zero-order valence-electron chi connectivity index (χ0n) is 23.9. The maximum atomic E-state index is 15.0. The molecule has 0 spiro atoms. The molecule has 5 heterocycles. The molecule has 0 bridgehead atoms. The third-order valence-electron chi connectivity index (χ3n) is 7.31. The van der Waals surface area contributed by atoms with Crippen molar-refractivity contribution >= 4 is 49.4 Å². The molecule has 20 nitrogen and oxygen atoms in total. The maximum absolute atomic E-state index is 15.0. The van der Waals surface area contributed by atoms with Gasteiger partial charge >= 0.3 is 20.6 Å². The summed E-state index contributed by atoms with van der Waals surface area (Å²) in [6, 6.07) is 0. The molecule has 5 rings (SSSR count). The highest BCUT2D eigenvalue weighted by Crippen LogP contribution is 2.75. The molecular formula is C22H29F2N7O13P2S. The van der Waals surface area contributed by atoms with Crippen LogP contribution < -0.4 is 11.5 Å². The zero-order valence-corrected chi connectivity index (χ0v) is 26.5. The fraction of sp³-hybridized carbons (Fsp3) is 0.591. The van der Waals surface area contributed by atoms with Gasteiger partial charge in [-0.3, -0.25) is 18.5 Å². The Morgan fingerprint density at radius 3 is 2.19 bits per heavy atom. The number of fused-ring (bicyclic) bond motifs is 1. The molecular weight excluding hydrogens is 702 g/mol. The van der Waals surface area contributed by atoms with Crippen LogP contribution in [0.2, 0.25) is 0 Å².